The van der Waals surface area contributed by atoms with Crippen LogP contribution in [0.5, 0.6) is 11.5 Å². The zero-order valence-electron chi connectivity index (χ0n) is 17.4. The van der Waals surface area contributed by atoms with Crippen LogP contribution in [0.4, 0.5) is 0 Å². The number of fused-ring (bicyclic) bond motifs is 1. The fourth-order valence-electron chi connectivity index (χ4n) is 3.84. The highest BCUT2D eigenvalue weighted by Crippen LogP contribution is 2.37. The van der Waals surface area contributed by atoms with E-state index in [-0.39, 0.29) is 48.0 Å². The highest BCUT2D eigenvalue weighted by molar-refractivity contribution is 6.01. The molecule has 1 aromatic heterocycles. The highest BCUT2D eigenvalue weighted by atomic mass is 16.5. The molecule has 0 spiro atoms. The number of methoxy groups -OCH3 is 1. The molecule has 1 amide bonds. The summed E-state index contributed by atoms with van der Waals surface area (Å²) in [6.07, 6.45) is 4.02. The minimum absolute atomic E-state index is 0.0180. The van der Waals surface area contributed by atoms with E-state index in [4.69, 9.17) is 13.9 Å². The van der Waals surface area contributed by atoms with Crippen molar-refractivity contribution in [3.63, 3.8) is 0 Å². The van der Waals surface area contributed by atoms with Crippen LogP contribution in [0.3, 0.4) is 0 Å². The van der Waals surface area contributed by atoms with E-state index in [0.29, 0.717) is 29.4 Å². The quantitative estimate of drug-likeness (QED) is 0.400. The number of aromatic hydroxyl groups is 1. The Morgan fingerprint density at radius 3 is 2.67 bits per heavy atom. The third-order valence-corrected chi connectivity index (χ3v) is 5.49. The summed E-state index contributed by atoms with van der Waals surface area (Å²) in [6.45, 7) is 3.78. The predicted molar refractivity (Wildman–Crippen MR) is 110 cm³/mol. The van der Waals surface area contributed by atoms with Crippen molar-refractivity contribution in [3.05, 3.63) is 33.2 Å². The van der Waals surface area contributed by atoms with Crippen LogP contribution < -0.4 is 10.4 Å². The van der Waals surface area contributed by atoms with Gasteiger partial charge in [-0.1, -0.05) is 0 Å². The van der Waals surface area contributed by atoms with Gasteiger partial charge in [0, 0.05) is 38.2 Å². The molecule has 2 aromatic rings. The second-order valence-electron chi connectivity index (χ2n) is 7.41. The molecule has 1 aromatic carbocycles. The van der Waals surface area contributed by atoms with E-state index in [1.54, 1.807) is 6.92 Å². The number of likely N-dealkylation sites (tertiary alicyclic amines) is 1. The molecule has 0 saturated carbocycles. The second kappa shape index (κ2) is 9.75. The molecular formula is C22H27NO7. The van der Waals surface area contributed by atoms with Gasteiger partial charge in [0.25, 0.3) is 0 Å². The number of piperidine rings is 1. The summed E-state index contributed by atoms with van der Waals surface area (Å²) in [5.74, 6) is -0.0278. The molecule has 8 nitrogen and oxygen atoms in total. The normalized spacial score (nSPS) is 14.1. The van der Waals surface area contributed by atoms with Crippen LogP contribution in [0, 0.1) is 6.92 Å². The molecule has 3 rings (SSSR count). The van der Waals surface area contributed by atoms with E-state index in [2.05, 4.69) is 0 Å². The SMILES string of the molecule is COCCOc1cc(O)c(C=O)c2oc(=O)c(CCC(=O)N3CCCCC3)c(C)c12. The first-order chi connectivity index (χ1) is 14.5. The average Bonchev–Trinajstić information content (AvgIpc) is 2.74. The van der Waals surface area contributed by atoms with Crippen molar-refractivity contribution in [3.8, 4) is 11.5 Å². The van der Waals surface area contributed by atoms with Crippen LogP contribution in [-0.4, -0.2) is 55.6 Å². The van der Waals surface area contributed by atoms with Gasteiger partial charge in [-0.25, -0.2) is 4.79 Å². The zero-order chi connectivity index (χ0) is 21.7. The van der Waals surface area contributed by atoms with E-state index >= 15 is 0 Å². The van der Waals surface area contributed by atoms with Crippen LogP contribution in [0.25, 0.3) is 11.0 Å². The van der Waals surface area contributed by atoms with E-state index in [1.165, 1.54) is 13.2 Å². The Morgan fingerprint density at radius 1 is 1.27 bits per heavy atom. The molecule has 1 fully saturated rings. The third-order valence-electron chi connectivity index (χ3n) is 5.49. The lowest BCUT2D eigenvalue weighted by molar-refractivity contribution is -0.132. The van der Waals surface area contributed by atoms with Gasteiger partial charge in [0.05, 0.1) is 17.6 Å². The molecule has 1 N–H and O–H groups in total. The predicted octanol–water partition coefficient (Wildman–Crippen LogP) is 2.59. The Morgan fingerprint density at radius 2 is 2.00 bits per heavy atom. The fraction of sp³-hybridized carbons (Fsp3) is 0.500. The molecule has 162 valence electrons. The molecule has 0 unspecified atom stereocenters. The van der Waals surface area contributed by atoms with E-state index in [9.17, 15) is 19.5 Å². The Balaban J connectivity index is 1.97. The van der Waals surface area contributed by atoms with Gasteiger partial charge in [0.2, 0.25) is 5.91 Å². The smallest absolute Gasteiger partial charge is 0.339 e. The van der Waals surface area contributed by atoms with Crippen molar-refractivity contribution < 1.29 is 28.6 Å². The average molecular weight is 417 g/mol. The van der Waals surface area contributed by atoms with Crippen molar-refractivity contribution in [2.75, 3.05) is 33.4 Å². The summed E-state index contributed by atoms with van der Waals surface area (Å²) in [7, 11) is 1.54. The second-order valence-corrected chi connectivity index (χ2v) is 7.41. The Hall–Kier alpha value is -2.87. The first kappa shape index (κ1) is 21.8. The van der Waals surface area contributed by atoms with Gasteiger partial charge < -0.3 is 23.9 Å². The summed E-state index contributed by atoms with van der Waals surface area (Å²) < 4.78 is 16.1. The fourth-order valence-corrected chi connectivity index (χ4v) is 3.84. The van der Waals surface area contributed by atoms with Crippen molar-refractivity contribution in [1.82, 2.24) is 4.90 Å². The molecule has 1 aliphatic heterocycles. The minimum Gasteiger partial charge on any atom is -0.507 e. The van der Waals surface area contributed by atoms with Crippen molar-refractivity contribution in [1.29, 1.82) is 0 Å². The standard InChI is InChI=1S/C22H27NO7/c1-14-15(6-7-19(26)23-8-4-3-5-9-23)22(27)30-21-16(13-24)17(25)12-18(20(14)21)29-11-10-28-2/h12-13,25H,3-11H2,1-2H3. The van der Waals surface area contributed by atoms with Crippen LogP contribution >= 0.6 is 0 Å². The summed E-state index contributed by atoms with van der Waals surface area (Å²) >= 11 is 0. The number of nitrogens with zero attached hydrogens (tertiary/aromatic N) is 1. The molecule has 0 aliphatic carbocycles. The largest absolute Gasteiger partial charge is 0.507 e. The molecule has 8 heteroatoms. The number of phenolic OH excluding ortho intramolecular Hbond substituents is 1. The minimum atomic E-state index is -0.622. The van der Waals surface area contributed by atoms with Gasteiger partial charge in [0.1, 0.15) is 18.1 Å². The number of ether oxygens (including phenoxy) is 2. The lowest BCUT2D eigenvalue weighted by Crippen LogP contribution is -2.35. The molecule has 1 aliphatic rings. The van der Waals surface area contributed by atoms with Gasteiger partial charge in [-0.2, -0.15) is 0 Å². The molecular weight excluding hydrogens is 390 g/mol. The summed E-state index contributed by atoms with van der Waals surface area (Å²) in [4.78, 5) is 38.5. The maximum absolute atomic E-state index is 12.6. The van der Waals surface area contributed by atoms with Crippen molar-refractivity contribution in [2.24, 2.45) is 0 Å². The summed E-state index contributed by atoms with van der Waals surface area (Å²) in [5.41, 5.74) is 0.185. The monoisotopic (exact) mass is 417 g/mol. The van der Waals surface area contributed by atoms with Crippen LogP contribution in [0.2, 0.25) is 0 Å². The van der Waals surface area contributed by atoms with Gasteiger partial charge >= 0.3 is 5.63 Å². The van der Waals surface area contributed by atoms with Crippen molar-refractivity contribution >= 4 is 23.2 Å². The van der Waals surface area contributed by atoms with Crippen LogP contribution in [0.15, 0.2) is 15.3 Å². The highest BCUT2D eigenvalue weighted by Gasteiger charge is 2.22. The number of hydrogen-bond acceptors (Lipinski definition) is 7. The van der Waals surface area contributed by atoms with Crippen LogP contribution in [0.1, 0.15) is 47.2 Å². The lowest BCUT2D eigenvalue weighted by Gasteiger charge is -2.26. The number of carbonyl (C=O) groups is 2. The number of phenols is 1. The molecule has 30 heavy (non-hydrogen) atoms. The van der Waals surface area contributed by atoms with Crippen LogP contribution in [-0.2, 0) is 16.0 Å². The zero-order valence-corrected chi connectivity index (χ0v) is 17.4. The molecule has 1 saturated heterocycles. The Labute approximate surface area is 174 Å². The van der Waals surface area contributed by atoms with Gasteiger partial charge in [-0.3, -0.25) is 9.59 Å². The number of benzene rings is 1. The van der Waals surface area contributed by atoms with Gasteiger partial charge in [-0.15, -0.1) is 0 Å². The van der Waals surface area contributed by atoms with Crippen molar-refractivity contribution in [2.45, 2.75) is 39.0 Å². The molecule has 0 radical (unpaired) electrons. The number of hydrogen-bond donors (Lipinski definition) is 1. The Kier molecular flexibility index (Phi) is 7.10. The summed E-state index contributed by atoms with van der Waals surface area (Å²) in [5, 5.41) is 10.6. The third kappa shape index (κ3) is 4.48. The molecule has 0 atom stereocenters. The summed E-state index contributed by atoms with van der Waals surface area (Å²) in [6, 6.07) is 1.33. The van der Waals surface area contributed by atoms with E-state index in [1.807, 2.05) is 4.90 Å². The maximum Gasteiger partial charge on any atom is 0.339 e. The topological polar surface area (TPSA) is 106 Å². The number of rotatable bonds is 8. The molecule has 2 heterocycles. The number of aldehydes is 1. The van der Waals surface area contributed by atoms with E-state index in [0.717, 1.165) is 32.4 Å². The number of amides is 1. The Bertz CT molecular complexity index is 989. The van der Waals surface area contributed by atoms with Gasteiger partial charge in [0.15, 0.2) is 11.9 Å². The number of aryl methyl sites for hydroxylation is 1. The first-order valence-corrected chi connectivity index (χ1v) is 10.1. The lowest BCUT2D eigenvalue weighted by atomic mass is 9.99. The van der Waals surface area contributed by atoms with Gasteiger partial charge in [-0.05, 0) is 38.2 Å². The molecule has 0 bridgehead atoms. The first-order valence-electron chi connectivity index (χ1n) is 10.1. The number of carbonyl (C=O) groups excluding carboxylic acids is 2. The maximum atomic E-state index is 12.6. The van der Waals surface area contributed by atoms with E-state index < -0.39 is 5.63 Å².